The van der Waals surface area contributed by atoms with E-state index in [4.69, 9.17) is 23.2 Å². The van der Waals surface area contributed by atoms with Crippen molar-refractivity contribution in [3.63, 3.8) is 0 Å². The molecule has 10 heteroatoms. The molecule has 0 unspecified atom stereocenters. The van der Waals surface area contributed by atoms with Crippen molar-refractivity contribution in [3.05, 3.63) is 55.3 Å². The number of hydrogen-bond donors (Lipinski definition) is 0. The molecule has 1 saturated heterocycles. The summed E-state index contributed by atoms with van der Waals surface area (Å²) in [5, 5.41) is 2.51. The summed E-state index contributed by atoms with van der Waals surface area (Å²) in [6, 6.07) is 1.79. The number of alkyl halides is 1. The van der Waals surface area contributed by atoms with Crippen molar-refractivity contribution in [1.29, 1.82) is 0 Å². The third-order valence-corrected chi connectivity index (χ3v) is 9.19. The topological polar surface area (TPSA) is 57.7 Å². The quantitative estimate of drug-likeness (QED) is 0.271. The van der Waals surface area contributed by atoms with Crippen molar-refractivity contribution < 1.29 is 13.2 Å². The van der Waals surface area contributed by atoms with E-state index in [-0.39, 0.29) is 23.2 Å². The van der Waals surface area contributed by atoms with Gasteiger partial charge in [-0.25, -0.2) is 8.42 Å². The average Bonchev–Trinajstić information content (AvgIpc) is 3.19. The Kier molecular flexibility index (Phi) is 16.4. The first kappa shape index (κ1) is 31.2. The molecule has 2 rings (SSSR count). The van der Waals surface area contributed by atoms with E-state index in [1.165, 1.54) is 15.6 Å². The van der Waals surface area contributed by atoms with Crippen LogP contribution in [-0.2, 0) is 21.4 Å². The van der Waals surface area contributed by atoms with Gasteiger partial charge in [-0.3, -0.25) is 4.79 Å². The molecule has 1 aromatic heterocycles. The minimum Gasteiger partial charge on any atom is -0.335 e. The van der Waals surface area contributed by atoms with Crippen LogP contribution in [0.5, 0.6) is 0 Å². The number of thioether (sulfide) groups is 1. The van der Waals surface area contributed by atoms with Crippen molar-refractivity contribution >= 4 is 62.2 Å². The van der Waals surface area contributed by atoms with E-state index in [9.17, 15) is 13.2 Å². The molecule has 0 bridgehead atoms. The Morgan fingerprint density at radius 2 is 1.97 bits per heavy atom. The highest BCUT2D eigenvalue weighted by atomic mass is 35.5. The van der Waals surface area contributed by atoms with Crippen LogP contribution in [-0.4, -0.2) is 49.0 Å². The second kappa shape index (κ2) is 16.8. The molecular weight excluding hydrogens is 507 g/mol. The molecule has 1 aliphatic heterocycles. The lowest BCUT2D eigenvalue weighted by Crippen LogP contribution is -2.51. The molecule has 2 heterocycles. The maximum atomic E-state index is 12.7. The van der Waals surface area contributed by atoms with Crippen molar-refractivity contribution in [2.75, 3.05) is 25.5 Å². The Hall–Kier alpha value is -0.770. The fraction of sp³-hybridized carbons (Fsp3) is 0.500. The van der Waals surface area contributed by atoms with Gasteiger partial charge >= 0.3 is 0 Å². The third-order valence-electron chi connectivity index (χ3n) is 4.18. The van der Waals surface area contributed by atoms with E-state index in [0.29, 0.717) is 24.0 Å². The first-order valence-corrected chi connectivity index (χ1v) is 14.4. The van der Waals surface area contributed by atoms with Crippen molar-refractivity contribution in [3.8, 4) is 0 Å². The molecule has 0 saturated carbocycles. The predicted octanol–water partition coefficient (Wildman–Crippen LogP) is 6.72. The first-order chi connectivity index (χ1) is 15.2. The number of thiophene rings is 1. The number of sulfonamides is 1. The summed E-state index contributed by atoms with van der Waals surface area (Å²) in [4.78, 5) is 15.9. The molecule has 1 aromatic rings. The third kappa shape index (κ3) is 10.0. The minimum absolute atomic E-state index is 0.0602. The number of rotatable bonds is 8. The zero-order valence-corrected chi connectivity index (χ0v) is 23.4. The van der Waals surface area contributed by atoms with Crippen molar-refractivity contribution in [1.82, 2.24) is 9.21 Å². The summed E-state index contributed by atoms with van der Waals surface area (Å²) in [5.74, 6) is 0.412. The lowest BCUT2D eigenvalue weighted by atomic mass is 10.3. The van der Waals surface area contributed by atoms with Gasteiger partial charge in [0.05, 0.1) is 18.1 Å². The number of hydrogen-bond acceptors (Lipinski definition) is 5. The maximum absolute atomic E-state index is 12.7. The number of nitrogens with zero attached hydrogens (tertiary/aromatic N) is 2. The van der Waals surface area contributed by atoms with Crippen LogP contribution in [0.2, 0.25) is 5.02 Å². The largest absolute Gasteiger partial charge is 0.335 e. The summed E-state index contributed by atoms with van der Waals surface area (Å²) in [6.07, 6.45) is 6.43. The Bertz CT molecular complexity index is 881. The molecule has 32 heavy (non-hydrogen) atoms. The highest BCUT2D eigenvalue weighted by molar-refractivity contribution is 8.20. The summed E-state index contributed by atoms with van der Waals surface area (Å²) in [7, 11) is -3.71. The van der Waals surface area contributed by atoms with Gasteiger partial charge in [-0.05, 0) is 36.6 Å². The van der Waals surface area contributed by atoms with Gasteiger partial charge in [-0.15, -0.1) is 22.9 Å². The monoisotopic (exact) mass is 540 g/mol. The zero-order chi connectivity index (χ0) is 24.7. The van der Waals surface area contributed by atoms with Crippen LogP contribution in [0.25, 0.3) is 0 Å². The molecule has 0 aromatic carbocycles. The van der Waals surface area contributed by atoms with Crippen LogP contribution in [0.1, 0.15) is 45.9 Å². The van der Waals surface area contributed by atoms with Gasteiger partial charge < -0.3 is 4.90 Å². The van der Waals surface area contributed by atoms with Gasteiger partial charge in [0.15, 0.2) is 0 Å². The molecule has 1 fully saturated rings. The number of carbonyl (C=O) groups excluding carboxylic acids is 1. The zero-order valence-electron chi connectivity index (χ0n) is 19.4. The van der Waals surface area contributed by atoms with E-state index in [0.717, 1.165) is 28.0 Å². The molecule has 0 N–H and O–H groups in total. The second-order valence-corrected chi connectivity index (χ2v) is 11.3. The molecule has 182 valence electrons. The average molecular weight is 542 g/mol. The molecule has 1 aliphatic rings. The number of halogens is 2. The Morgan fingerprint density at radius 1 is 1.31 bits per heavy atom. The molecule has 0 atom stereocenters. The molecule has 1 amide bonds. The van der Waals surface area contributed by atoms with Gasteiger partial charge in [0.1, 0.15) is 4.24 Å². The summed E-state index contributed by atoms with van der Waals surface area (Å²) in [6.45, 7) is 14.3. The molecule has 0 aliphatic carbocycles. The highest BCUT2D eigenvalue weighted by Crippen LogP contribution is 2.32. The van der Waals surface area contributed by atoms with Crippen LogP contribution >= 0.6 is 46.3 Å². The fourth-order valence-corrected chi connectivity index (χ4v) is 6.23. The van der Waals surface area contributed by atoms with Crippen LogP contribution in [0.4, 0.5) is 0 Å². The number of carbonyl (C=O) groups is 1. The number of piperazine rings is 1. The fourth-order valence-electron chi connectivity index (χ4n) is 2.44. The van der Waals surface area contributed by atoms with Crippen molar-refractivity contribution in [2.45, 2.75) is 47.6 Å². The summed E-state index contributed by atoms with van der Waals surface area (Å²) >= 11 is 13.9. The minimum atomic E-state index is -3.71. The summed E-state index contributed by atoms with van der Waals surface area (Å²) in [5.41, 5.74) is 0. The second-order valence-electron chi connectivity index (χ2n) is 6.15. The Balaban J connectivity index is 0.00000121. The normalized spacial score (nSPS) is 15.2. The molecule has 0 spiro atoms. The highest BCUT2D eigenvalue weighted by Gasteiger charge is 2.34. The smallest absolute Gasteiger partial charge is 0.249 e. The van der Waals surface area contributed by atoms with Gasteiger partial charge in [-0.2, -0.15) is 4.31 Å². The van der Waals surface area contributed by atoms with E-state index >= 15 is 0 Å². The predicted molar refractivity (Wildman–Crippen MR) is 143 cm³/mol. The lowest BCUT2D eigenvalue weighted by molar-refractivity contribution is -0.134. The SMILES string of the molecule is C/C=C\CCl.C=C(S/C(=C\C)CC)S(=O)(=O)N1CCN(Cc2sccc2Cl)C(=O)C1.CC. The van der Waals surface area contributed by atoms with Gasteiger partial charge in [0.2, 0.25) is 15.9 Å². The van der Waals surface area contributed by atoms with Gasteiger partial charge in [0.25, 0.3) is 0 Å². The molecule has 0 radical (unpaired) electrons. The van der Waals surface area contributed by atoms with Crippen LogP contribution in [0.3, 0.4) is 0 Å². The molecule has 5 nitrogen and oxygen atoms in total. The van der Waals surface area contributed by atoms with E-state index in [2.05, 4.69) is 6.58 Å². The van der Waals surface area contributed by atoms with E-state index in [1.54, 1.807) is 11.0 Å². The lowest BCUT2D eigenvalue weighted by Gasteiger charge is -2.33. The Labute approximate surface area is 212 Å². The number of allylic oxidation sites excluding steroid dienone is 4. The van der Waals surface area contributed by atoms with Crippen LogP contribution in [0.15, 0.2) is 45.4 Å². The first-order valence-electron chi connectivity index (χ1n) is 10.4. The van der Waals surface area contributed by atoms with E-state index < -0.39 is 10.0 Å². The Morgan fingerprint density at radius 3 is 2.38 bits per heavy atom. The standard InChI is InChI=1S/C16H21ClN2O3S3.C4H7Cl.C2H6/c1-4-13(5-2)24-12(3)25(21,22)19-8-7-18(16(20)11-19)10-15-14(17)6-9-23-15;1-2-3-4-5;1-2/h4,6,9H,3,5,7-8,10-11H2,1-2H3;2-3H,4H2,1H3;1-2H3/b13-4-;3-2-;. The van der Waals surface area contributed by atoms with Crippen LogP contribution < -0.4 is 0 Å². The van der Waals surface area contributed by atoms with Crippen LogP contribution in [0, 0.1) is 0 Å². The molecular formula is C22H34Cl2N2O3S3. The van der Waals surface area contributed by atoms with Gasteiger partial charge in [-0.1, -0.05) is 68.9 Å². The maximum Gasteiger partial charge on any atom is 0.249 e. The number of amides is 1. The van der Waals surface area contributed by atoms with E-state index in [1.807, 2.05) is 58.2 Å². The van der Waals surface area contributed by atoms with Gasteiger partial charge in [0, 0.05) is 23.8 Å². The van der Waals surface area contributed by atoms with Crippen molar-refractivity contribution in [2.24, 2.45) is 0 Å². The summed E-state index contributed by atoms with van der Waals surface area (Å²) < 4.78 is 26.6.